The number of aromatic amines is 1. The minimum absolute atomic E-state index is 0.0826. The fourth-order valence-corrected chi connectivity index (χ4v) is 6.20. The Morgan fingerprint density at radius 1 is 1.00 bits per heavy atom. The molecule has 1 saturated heterocycles. The lowest BCUT2D eigenvalue weighted by Crippen LogP contribution is -2.54. The first kappa shape index (κ1) is 25.9. The monoisotopic (exact) mass is 533 g/mol. The summed E-state index contributed by atoms with van der Waals surface area (Å²) in [5.74, 6) is -1.49. The number of hydrogen-bond donors (Lipinski definition) is 3. The lowest BCUT2D eigenvalue weighted by Gasteiger charge is -2.42. The molecule has 0 unspecified atom stereocenters. The van der Waals surface area contributed by atoms with E-state index >= 15 is 0 Å². The molecule has 5 rings (SSSR count). The van der Waals surface area contributed by atoms with Crippen molar-refractivity contribution in [2.45, 2.75) is 25.4 Å². The molecule has 2 aromatic heterocycles. The van der Waals surface area contributed by atoms with Gasteiger partial charge in [0.2, 0.25) is 0 Å². The summed E-state index contributed by atoms with van der Waals surface area (Å²) in [4.78, 5) is 34.1. The van der Waals surface area contributed by atoms with Crippen molar-refractivity contribution >= 4 is 39.7 Å². The molecule has 1 fully saturated rings. The van der Waals surface area contributed by atoms with E-state index < -0.39 is 11.8 Å². The second-order valence-corrected chi connectivity index (χ2v) is 10.5. The third-order valence-electron chi connectivity index (χ3n) is 7.13. The van der Waals surface area contributed by atoms with Crippen LogP contribution in [0.15, 0.2) is 72.2 Å². The summed E-state index contributed by atoms with van der Waals surface area (Å²) in [6.45, 7) is 5.09. The summed E-state index contributed by atoms with van der Waals surface area (Å²) < 4.78 is 14.3. The smallest absolute Gasteiger partial charge is 0.309 e. The number of amides is 2. The van der Waals surface area contributed by atoms with Crippen LogP contribution in [0.3, 0.4) is 0 Å². The number of benzene rings is 2. The lowest BCUT2D eigenvalue weighted by molar-refractivity contribution is -0.139. The zero-order chi connectivity index (χ0) is 26.5. The van der Waals surface area contributed by atoms with Gasteiger partial charge in [-0.3, -0.25) is 14.5 Å². The molecule has 1 aliphatic rings. The molecule has 0 radical (unpaired) electrons. The fraction of sp³-hybridized carbons (Fsp3) is 0.310. The Morgan fingerprint density at radius 3 is 2.53 bits per heavy atom. The number of anilines is 1. The van der Waals surface area contributed by atoms with Crippen LogP contribution in [0.5, 0.6) is 0 Å². The number of piperazine rings is 1. The van der Waals surface area contributed by atoms with Crippen LogP contribution >= 0.6 is 11.3 Å². The van der Waals surface area contributed by atoms with Crippen LogP contribution in [0.2, 0.25) is 0 Å². The third kappa shape index (κ3) is 5.74. The number of carbonyl (C=O) groups is 2. The Morgan fingerprint density at radius 2 is 1.76 bits per heavy atom. The molecular weight excluding hydrogens is 501 g/mol. The number of nitrogens with one attached hydrogen (secondary N) is 3. The molecule has 0 spiro atoms. The molecule has 2 atom stereocenters. The molecule has 3 N–H and O–H groups in total. The number of rotatable bonds is 8. The first-order chi connectivity index (χ1) is 18.5. The highest BCUT2D eigenvalue weighted by Gasteiger charge is 2.32. The van der Waals surface area contributed by atoms with E-state index in [1.807, 2.05) is 61.0 Å². The SMILES string of the molecule is C[C@H](NC(=O)C(=O)NCCc1c[nH]c2ccccc12)[C@@H](c1cccs1)N1CCN(c2ccccc2F)CC1. The van der Waals surface area contributed by atoms with Crippen molar-refractivity contribution in [3.63, 3.8) is 0 Å². The van der Waals surface area contributed by atoms with Gasteiger partial charge >= 0.3 is 11.8 Å². The van der Waals surface area contributed by atoms with Crippen LogP contribution in [-0.4, -0.2) is 60.5 Å². The molecule has 7 nitrogen and oxygen atoms in total. The molecule has 0 aliphatic carbocycles. The Kier molecular flexibility index (Phi) is 8.05. The molecule has 4 aromatic rings. The number of aromatic nitrogens is 1. The standard InChI is InChI=1S/C29H32FN5O2S/c1-20(33-29(37)28(36)31-13-12-21-19-32-24-9-4-2-7-22(21)24)27(26-11-6-18-38-26)35-16-14-34(15-17-35)25-10-5-3-8-23(25)30/h2-11,18-20,27,32H,12-17H2,1H3,(H,31,36)(H,33,37)/t20-,27-/m0/s1. The summed E-state index contributed by atoms with van der Waals surface area (Å²) in [5, 5.41) is 8.82. The van der Waals surface area contributed by atoms with Crippen molar-refractivity contribution < 1.29 is 14.0 Å². The number of halogens is 1. The van der Waals surface area contributed by atoms with Gasteiger partial charge in [-0.1, -0.05) is 36.4 Å². The quantitative estimate of drug-likeness (QED) is 0.298. The van der Waals surface area contributed by atoms with E-state index in [9.17, 15) is 14.0 Å². The fourth-order valence-electron chi connectivity index (χ4n) is 5.23. The molecule has 198 valence electrons. The predicted octanol–water partition coefficient (Wildman–Crippen LogP) is 4.10. The first-order valence-electron chi connectivity index (χ1n) is 12.9. The topological polar surface area (TPSA) is 80.5 Å². The van der Waals surface area contributed by atoms with E-state index in [0.29, 0.717) is 44.8 Å². The van der Waals surface area contributed by atoms with Crippen molar-refractivity contribution in [3.05, 3.63) is 88.5 Å². The number of carbonyl (C=O) groups excluding carboxylic acids is 2. The first-order valence-corrected chi connectivity index (χ1v) is 13.8. The van der Waals surface area contributed by atoms with Gasteiger partial charge in [-0.15, -0.1) is 11.3 Å². The van der Waals surface area contributed by atoms with Gasteiger partial charge in [0.05, 0.1) is 11.7 Å². The zero-order valence-corrected chi connectivity index (χ0v) is 22.1. The number of fused-ring (bicyclic) bond motifs is 1. The van der Waals surface area contributed by atoms with Gasteiger partial charge < -0.3 is 20.5 Å². The van der Waals surface area contributed by atoms with Crippen LogP contribution < -0.4 is 15.5 Å². The molecular formula is C29H32FN5O2S. The highest BCUT2D eigenvalue weighted by atomic mass is 32.1. The molecule has 38 heavy (non-hydrogen) atoms. The van der Waals surface area contributed by atoms with Gasteiger partial charge in [-0.05, 0) is 48.6 Å². The van der Waals surface area contributed by atoms with Gasteiger partial charge in [-0.2, -0.15) is 0 Å². The molecule has 3 heterocycles. The highest BCUT2D eigenvalue weighted by Crippen LogP contribution is 2.30. The maximum Gasteiger partial charge on any atom is 0.309 e. The zero-order valence-electron chi connectivity index (χ0n) is 21.3. The minimum atomic E-state index is -0.636. The predicted molar refractivity (Wildman–Crippen MR) is 150 cm³/mol. The molecule has 0 saturated carbocycles. The molecule has 2 amide bonds. The second-order valence-electron chi connectivity index (χ2n) is 9.56. The summed E-state index contributed by atoms with van der Waals surface area (Å²) >= 11 is 1.63. The van der Waals surface area contributed by atoms with Gasteiger partial charge in [0, 0.05) is 60.7 Å². The highest BCUT2D eigenvalue weighted by molar-refractivity contribution is 7.10. The van der Waals surface area contributed by atoms with Gasteiger partial charge in [0.25, 0.3) is 0 Å². The molecule has 1 aliphatic heterocycles. The average Bonchev–Trinajstić information content (AvgIpc) is 3.60. The number of thiophene rings is 1. The maximum absolute atomic E-state index is 14.3. The van der Waals surface area contributed by atoms with Gasteiger partial charge in [0.15, 0.2) is 0 Å². The molecule has 9 heteroatoms. The molecule has 2 aromatic carbocycles. The van der Waals surface area contributed by atoms with Crippen molar-refractivity contribution in [3.8, 4) is 0 Å². The number of H-pyrrole nitrogens is 1. The van der Waals surface area contributed by atoms with Crippen LogP contribution in [0.25, 0.3) is 10.9 Å². The summed E-state index contributed by atoms with van der Waals surface area (Å²) in [6.07, 6.45) is 2.57. The van der Waals surface area contributed by atoms with Crippen molar-refractivity contribution in [2.24, 2.45) is 0 Å². The van der Waals surface area contributed by atoms with E-state index in [0.717, 1.165) is 21.3 Å². The van der Waals surface area contributed by atoms with Crippen LogP contribution in [-0.2, 0) is 16.0 Å². The van der Waals surface area contributed by atoms with E-state index in [1.165, 1.54) is 6.07 Å². The summed E-state index contributed by atoms with van der Waals surface area (Å²) in [7, 11) is 0. The van der Waals surface area contributed by atoms with Gasteiger partial charge in [0.1, 0.15) is 5.82 Å². The largest absolute Gasteiger partial charge is 0.367 e. The van der Waals surface area contributed by atoms with E-state index in [4.69, 9.17) is 0 Å². The molecule has 0 bridgehead atoms. The third-order valence-corrected chi connectivity index (χ3v) is 8.07. The summed E-state index contributed by atoms with van der Waals surface area (Å²) in [5.41, 5.74) is 2.77. The van der Waals surface area contributed by atoms with Gasteiger partial charge in [-0.25, -0.2) is 4.39 Å². The average molecular weight is 534 g/mol. The van der Waals surface area contributed by atoms with E-state index in [2.05, 4.69) is 31.5 Å². The Bertz CT molecular complexity index is 1380. The number of hydrogen-bond acceptors (Lipinski definition) is 5. The van der Waals surface area contributed by atoms with Crippen LogP contribution in [0.1, 0.15) is 23.4 Å². The second kappa shape index (κ2) is 11.8. The van der Waals surface area contributed by atoms with E-state index in [1.54, 1.807) is 17.4 Å². The Labute approximate surface area is 225 Å². The van der Waals surface area contributed by atoms with Crippen molar-refractivity contribution in [1.82, 2.24) is 20.5 Å². The van der Waals surface area contributed by atoms with Crippen molar-refractivity contribution in [2.75, 3.05) is 37.6 Å². The Balaban J connectivity index is 1.17. The Hall–Kier alpha value is -3.69. The van der Waals surface area contributed by atoms with E-state index in [-0.39, 0.29) is 17.9 Å². The van der Waals surface area contributed by atoms with Crippen molar-refractivity contribution in [1.29, 1.82) is 0 Å². The maximum atomic E-state index is 14.3. The normalized spacial score (nSPS) is 15.8. The van der Waals surface area contributed by atoms with Crippen LogP contribution in [0, 0.1) is 5.82 Å². The van der Waals surface area contributed by atoms with Crippen LogP contribution in [0.4, 0.5) is 10.1 Å². The summed E-state index contributed by atoms with van der Waals surface area (Å²) in [6, 6.07) is 18.5. The minimum Gasteiger partial charge on any atom is -0.367 e. The number of para-hydroxylation sites is 2. The lowest BCUT2D eigenvalue weighted by atomic mass is 10.0. The number of nitrogens with zero attached hydrogens (tertiary/aromatic N) is 2.